The maximum atomic E-state index is 4.36. The molecule has 13 heavy (non-hydrogen) atoms. The summed E-state index contributed by atoms with van der Waals surface area (Å²) in [5, 5.41) is 3.09. The monoisotopic (exact) mass is 176 g/mol. The molecule has 0 amide bonds. The number of rotatable bonds is 3. The fourth-order valence-electron chi connectivity index (χ4n) is 1.25. The molecule has 0 aliphatic carbocycles. The van der Waals surface area contributed by atoms with Crippen LogP contribution in [0.2, 0.25) is 0 Å². The van der Waals surface area contributed by atoms with Crippen LogP contribution in [0, 0.1) is 0 Å². The summed E-state index contributed by atoms with van der Waals surface area (Å²) in [6.07, 6.45) is 6.67. The zero-order valence-electron chi connectivity index (χ0n) is 7.57. The molecule has 0 aliphatic heterocycles. The normalized spacial score (nSPS) is 10.8. The molecule has 0 fully saturated rings. The minimum atomic E-state index is 0.772. The van der Waals surface area contributed by atoms with Gasteiger partial charge in [0.2, 0.25) is 5.78 Å². The molecular weight excluding hydrogens is 164 g/mol. The van der Waals surface area contributed by atoms with Gasteiger partial charge in [0, 0.05) is 31.6 Å². The lowest BCUT2D eigenvalue weighted by Crippen LogP contribution is -2.10. The number of nitrogens with zero attached hydrogens (tertiary/aromatic N) is 3. The zero-order valence-corrected chi connectivity index (χ0v) is 7.57. The van der Waals surface area contributed by atoms with Crippen molar-refractivity contribution in [1.29, 1.82) is 0 Å². The van der Waals surface area contributed by atoms with E-state index < -0.39 is 0 Å². The Bertz CT molecular complexity index is 360. The second-order valence-electron chi connectivity index (χ2n) is 2.91. The van der Waals surface area contributed by atoms with Crippen molar-refractivity contribution in [3.8, 4) is 0 Å². The third-order valence-electron chi connectivity index (χ3n) is 1.92. The van der Waals surface area contributed by atoms with Crippen molar-refractivity contribution < 1.29 is 0 Å². The number of nitrogens with one attached hydrogen (secondary N) is 1. The van der Waals surface area contributed by atoms with Gasteiger partial charge in [-0.05, 0) is 13.1 Å². The van der Waals surface area contributed by atoms with Gasteiger partial charge in [-0.25, -0.2) is 9.97 Å². The van der Waals surface area contributed by atoms with E-state index in [1.54, 1.807) is 6.20 Å². The molecular formula is C9H12N4. The predicted octanol–water partition coefficient (Wildman–Crippen LogP) is 0.491. The molecule has 68 valence electrons. The largest absolute Gasteiger partial charge is 0.319 e. The SMILES string of the molecule is CNCCc1cn2cccnc2n1. The van der Waals surface area contributed by atoms with E-state index in [9.17, 15) is 0 Å². The van der Waals surface area contributed by atoms with Crippen LogP contribution in [0.3, 0.4) is 0 Å². The molecule has 2 rings (SSSR count). The highest BCUT2D eigenvalue weighted by Crippen LogP contribution is 2.01. The van der Waals surface area contributed by atoms with Gasteiger partial charge in [0.25, 0.3) is 0 Å². The Kier molecular flexibility index (Phi) is 2.23. The van der Waals surface area contributed by atoms with Crippen molar-refractivity contribution in [2.75, 3.05) is 13.6 Å². The maximum Gasteiger partial charge on any atom is 0.233 e. The molecule has 0 bridgehead atoms. The van der Waals surface area contributed by atoms with Gasteiger partial charge in [0.05, 0.1) is 5.69 Å². The molecule has 0 spiro atoms. The van der Waals surface area contributed by atoms with Gasteiger partial charge in [-0.15, -0.1) is 0 Å². The minimum absolute atomic E-state index is 0.772. The molecule has 2 heterocycles. The van der Waals surface area contributed by atoms with Crippen LogP contribution < -0.4 is 5.32 Å². The number of imidazole rings is 1. The molecule has 0 unspecified atom stereocenters. The third kappa shape index (κ3) is 1.67. The molecule has 0 aromatic carbocycles. The van der Waals surface area contributed by atoms with Crippen molar-refractivity contribution in [3.05, 3.63) is 30.4 Å². The average molecular weight is 176 g/mol. The second-order valence-corrected chi connectivity index (χ2v) is 2.91. The summed E-state index contributed by atoms with van der Waals surface area (Å²) in [5.74, 6) is 0.772. The van der Waals surface area contributed by atoms with Gasteiger partial charge in [-0.2, -0.15) is 0 Å². The van der Waals surface area contributed by atoms with Crippen molar-refractivity contribution in [1.82, 2.24) is 19.7 Å². The lowest BCUT2D eigenvalue weighted by Gasteiger charge is -1.92. The van der Waals surface area contributed by atoms with E-state index in [0.717, 1.165) is 24.4 Å². The Morgan fingerprint density at radius 3 is 3.23 bits per heavy atom. The number of aromatic nitrogens is 3. The van der Waals surface area contributed by atoms with Crippen LogP contribution in [0.5, 0.6) is 0 Å². The Morgan fingerprint density at radius 1 is 1.54 bits per heavy atom. The summed E-state index contributed by atoms with van der Waals surface area (Å²) in [5.41, 5.74) is 1.08. The average Bonchev–Trinajstić information content (AvgIpc) is 2.57. The Balaban J connectivity index is 2.28. The molecule has 0 radical (unpaired) electrons. The van der Waals surface area contributed by atoms with Crippen LogP contribution in [0.4, 0.5) is 0 Å². The Labute approximate surface area is 76.6 Å². The standard InChI is InChI=1S/C9H12N4/c1-10-5-3-8-7-13-6-2-4-11-9(13)12-8/h2,4,6-7,10H,3,5H2,1H3. The quantitative estimate of drug-likeness (QED) is 0.740. The molecule has 0 aliphatic rings. The Morgan fingerprint density at radius 2 is 2.46 bits per heavy atom. The molecule has 4 heteroatoms. The zero-order chi connectivity index (χ0) is 9.10. The van der Waals surface area contributed by atoms with Crippen molar-refractivity contribution in [2.24, 2.45) is 0 Å². The first kappa shape index (κ1) is 8.19. The highest BCUT2D eigenvalue weighted by atomic mass is 15.1. The van der Waals surface area contributed by atoms with E-state index in [4.69, 9.17) is 0 Å². The van der Waals surface area contributed by atoms with Gasteiger partial charge in [-0.1, -0.05) is 0 Å². The molecule has 0 saturated carbocycles. The number of hydrogen-bond acceptors (Lipinski definition) is 3. The van der Waals surface area contributed by atoms with E-state index >= 15 is 0 Å². The molecule has 2 aromatic heterocycles. The third-order valence-corrected chi connectivity index (χ3v) is 1.92. The summed E-state index contributed by atoms with van der Waals surface area (Å²) in [6.45, 7) is 0.948. The van der Waals surface area contributed by atoms with Crippen molar-refractivity contribution >= 4 is 5.78 Å². The minimum Gasteiger partial charge on any atom is -0.319 e. The summed E-state index contributed by atoms with van der Waals surface area (Å²) >= 11 is 0. The van der Waals surface area contributed by atoms with Crippen LogP contribution in [-0.4, -0.2) is 28.0 Å². The van der Waals surface area contributed by atoms with Crippen molar-refractivity contribution in [2.45, 2.75) is 6.42 Å². The van der Waals surface area contributed by atoms with E-state index in [1.165, 1.54) is 0 Å². The highest BCUT2D eigenvalue weighted by molar-refractivity contribution is 5.29. The molecule has 1 N–H and O–H groups in total. The Hall–Kier alpha value is -1.42. The second kappa shape index (κ2) is 3.53. The maximum absolute atomic E-state index is 4.36. The van der Waals surface area contributed by atoms with Crippen LogP contribution in [0.25, 0.3) is 5.78 Å². The molecule has 0 atom stereocenters. The van der Waals surface area contributed by atoms with E-state index in [2.05, 4.69) is 15.3 Å². The summed E-state index contributed by atoms with van der Waals surface area (Å²) < 4.78 is 1.94. The smallest absolute Gasteiger partial charge is 0.233 e. The van der Waals surface area contributed by atoms with E-state index in [0.29, 0.717) is 0 Å². The number of likely N-dealkylation sites (N-methyl/N-ethyl adjacent to an activating group) is 1. The van der Waals surface area contributed by atoms with Gasteiger partial charge in [0.1, 0.15) is 0 Å². The molecule has 2 aromatic rings. The van der Waals surface area contributed by atoms with Crippen LogP contribution in [0.1, 0.15) is 5.69 Å². The van der Waals surface area contributed by atoms with Gasteiger partial charge < -0.3 is 5.32 Å². The first-order valence-corrected chi connectivity index (χ1v) is 4.33. The first-order chi connectivity index (χ1) is 6.40. The fourth-order valence-corrected chi connectivity index (χ4v) is 1.25. The highest BCUT2D eigenvalue weighted by Gasteiger charge is 1.99. The summed E-state index contributed by atoms with van der Waals surface area (Å²) in [4.78, 5) is 8.50. The van der Waals surface area contributed by atoms with Gasteiger partial charge in [-0.3, -0.25) is 4.40 Å². The van der Waals surface area contributed by atoms with Gasteiger partial charge in [0.15, 0.2) is 0 Å². The van der Waals surface area contributed by atoms with Crippen molar-refractivity contribution in [3.63, 3.8) is 0 Å². The van der Waals surface area contributed by atoms with Crippen LogP contribution >= 0.6 is 0 Å². The predicted molar refractivity (Wildman–Crippen MR) is 50.6 cm³/mol. The molecule has 4 nitrogen and oxygen atoms in total. The lowest BCUT2D eigenvalue weighted by molar-refractivity contribution is 0.780. The summed E-state index contributed by atoms with van der Waals surface area (Å²) in [6, 6.07) is 1.90. The molecule has 0 saturated heterocycles. The first-order valence-electron chi connectivity index (χ1n) is 4.33. The van der Waals surface area contributed by atoms with Gasteiger partial charge >= 0.3 is 0 Å². The number of hydrogen-bond donors (Lipinski definition) is 1. The fraction of sp³-hybridized carbons (Fsp3) is 0.333. The lowest BCUT2D eigenvalue weighted by atomic mass is 10.3. The van der Waals surface area contributed by atoms with Crippen LogP contribution in [0.15, 0.2) is 24.7 Å². The topological polar surface area (TPSA) is 42.2 Å². The number of fused-ring (bicyclic) bond motifs is 1. The van der Waals surface area contributed by atoms with Crippen LogP contribution in [-0.2, 0) is 6.42 Å². The summed E-state index contributed by atoms with van der Waals surface area (Å²) in [7, 11) is 1.94. The van der Waals surface area contributed by atoms with E-state index in [-0.39, 0.29) is 0 Å². The van der Waals surface area contributed by atoms with E-state index in [1.807, 2.05) is 29.9 Å².